The molecule has 0 aliphatic rings. The summed E-state index contributed by atoms with van der Waals surface area (Å²) in [5.41, 5.74) is 3.63. The molecule has 0 bridgehead atoms. The van der Waals surface area contributed by atoms with Gasteiger partial charge in [-0.2, -0.15) is 0 Å². The van der Waals surface area contributed by atoms with E-state index in [4.69, 9.17) is 0 Å². The van der Waals surface area contributed by atoms with Gasteiger partial charge < -0.3 is 5.11 Å². The van der Waals surface area contributed by atoms with Gasteiger partial charge in [0.2, 0.25) is 0 Å². The van der Waals surface area contributed by atoms with Crippen molar-refractivity contribution in [2.75, 3.05) is 0 Å². The molecule has 2 aromatic rings. The highest BCUT2D eigenvalue weighted by Crippen LogP contribution is 2.32. The van der Waals surface area contributed by atoms with Crippen molar-refractivity contribution in [2.45, 2.75) is 30.6 Å². The van der Waals surface area contributed by atoms with E-state index < -0.39 is 6.10 Å². The molecule has 0 aliphatic carbocycles. The van der Waals surface area contributed by atoms with Crippen molar-refractivity contribution in [3.8, 4) is 0 Å². The molecule has 0 amide bonds. The zero-order valence-electron chi connectivity index (χ0n) is 11.1. The second kappa shape index (κ2) is 6.60. The predicted molar refractivity (Wildman–Crippen MR) is 85.5 cm³/mol. The molecule has 0 saturated carbocycles. The summed E-state index contributed by atoms with van der Waals surface area (Å²) in [5, 5.41) is 9.82. The lowest BCUT2D eigenvalue weighted by atomic mass is 10.1. The minimum atomic E-state index is -0.438. The van der Waals surface area contributed by atoms with Crippen LogP contribution < -0.4 is 0 Å². The number of thioether (sulfide) groups is 1. The highest BCUT2D eigenvalue weighted by atomic mass is 79.9. The third-order valence-corrected chi connectivity index (χ3v) is 4.68. The Balaban J connectivity index is 2.19. The summed E-state index contributed by atoms with van der Waals surface area (Å²) in [6.07, 6.45) is -0.438. The number of aliphatic hydroxyl groups is 1. The smallest absolute Gasteiger partial charge is 0.0772 e. The normalized spacial score (nSPS) is 12.4. The maximum atomic E-state index is 9.82. The van der Waals surface area contributed by atoms with Gasteiger partial charge in [0.05, 0.1) is 6.10 Å². The van der Waals surface area contributed by atoms with Gasteiger partial charge >= 0.3 is 0 Å². The summed E-state index contributed by atoms with van der Waals surface area (Å²) in [7, 11) is 0. The van der Waals surface area contributed by atoms with Crippen LogP contribution in [0.15, 0.2) is 51.8 Å². The Bertz CT molecular complexity index is 566. The molecule has 1 unspecified atom stereocenters. The molecular weight excluding hydrogens is 320 g/mol. The first-order valence-corrected chi connectivity index (χ1v) is 8.00. The van der Waals surface area contributed by atoms with Crippen LogP contribution in [0.2, 0.25) is 0 Å². The van der Waals surface area contributed by atoms with Crippen molar-refractivity contribution < 1.29 is 5.11 Å². The first kappa shape index (κ1) is 14.6. The molecule has 100 valence electrons. The van der Waals surface area contributed by atoms with Crippen LogP contribution in [-0.4, -0.2) is 5.11 Å². The van der Waals surface area contributed by atoms with Crippen molar-refractivity contribution in [1.82, 2.24) is 0 Å². The van der Waals surface area contributed by atoms with Gasteiger partial charge in [-0.15, -0.1) is 11.8 Å². The van der Waals surface area contributed by atoms with E-state index >= 15 is 0 Å². The summed E-state index contributed by atoms with van der Waals surface area (Å²) < 4.78 is 1.05. The minimum Gasteiger partial charge on any atom is -0.389 e. The molecule has 1 nitrogen and oxygen atoms in total. The Labute approximate surface area is 127 Å². The van der Waals surface area contributed by atoms with Gasteiger partial charge in [-0.25, -0.2) is 0 Å². The van der Waals surface area contributed by atoms with Gasteiger partial charge in [0.1, 0.15) is 0 Å². The fourth-order valence-electron chi connectivity index (χ4n) is 1.91. The van der Waals surface area contributed by atoms with Crippen molar-refractivity contribution in [2.24, 2.45) is 0 Å². The van der Waals surface area contributed by atoms with Crippen LogP contribution in [0.1, 0.15) is 29.7 Å². The van der Waals surface area contributed by atoms with Gasteiger partial charge in [0.15, 0.2) is 0 Å². The van der Waals surface area contributed by atoms with E-state index in [0.717, 1.165) is 20.7 Å². The van der Waals surface area contributed by atoms with Gasteiger partial charge in [-0.05, 0) is 42.7 Å². The van der Waals surface area contributed by atoms with Crippen LogP contribution in [0.25, 0.3) is 0 Å². The zero-order valence-corrected chi connectivity index (χ0v) is 13.5. The van der Waals surface area contributed by atoms with Gasteiger partial charge in [-0.1, -0.05) is 46.3 Å². The SMILES string of the molecule is Cc1ccccc1CSc1cc(Br)ccc1C(C)O. The number of hydrogen-bond acceptors (Lipinski definition) is 2. The lowest BCUT2D eigenvalue weighted by molar-refractivity contribution is 0.196. The molecule has 3 heteroatoms. The number of rotatable bonds is 4. The van der Waals surface area contributed by atoms with Crippen LogP contribution >= 0.6 is 27.7 Å². The van der Waals surface area contributed by atoms with Crippen LogP contribution in [-0.2, 0) is 5.75 Å². The van der Waals surface area contributed by atoms with Crippen LogP contribution in [0.5, 0.6) is 0 Å². The number of aliphatic hydroxyl groups excluding tert-OH is 1. The molecule has 0 aromatic heterocycles. The Morgan fingerprint density at radius 2 is 1.95 bits per heavy atom. The minimum absolute atomic E-state index is 0.438. The average molecular weight is 337 g/mol. The summed E-state index contributed by atoms with van der Waals surface area (Å²) in [6, 6.07) is 14.4. The van der Waals surface area contributed by atoms with Gasteiger partial charge in [0, 0.05) is 15.1 Å². The second-order valence-corrected chi connectivity index (χ2v) is 6.51. The summed E-state index contributed by atoms with van der Waals surface area (Å²) in [6.45, 7) is 3.94. The monoisotopic (exact) mass is 336 g/mol. The summed E-state index contributed by atoms with van der Waals surface area (Å²) >= 11 is 5.26. The standard InChI is InChI=1S/C16H17BrOS/c1-11-5-3-4-6-13(11)10-19-16-9-14(17)7-8-15(16)12(2)18/h3-9,12,18H,10H2,1-2H3. The molecule has 0 saturated heterocycles. The quantitative estimate of drug-likeness (QED) is 0.783. The number of halogens is 1. The predicted octanol–water partition coefficient (Wildman–Crippen LogP) is 5.10. The Hall–Kier alpha value is -0.770. The molecule has 19 heavy (non-hydrogen) atoms. The van der Waals surface area contributed by atoms with Gasteiger partial charge in [0.25, 0.3) is 0 Å². The van der Waals surface area contributed by atoms with Crippen LogP contribution in [0, 0.1) is 6.92 Å². The molecular formula is C16H17BrOS. The second-order valence-electron chi connectivity index (χ2n) is 4.57. The summed E-state index contributed by atoms with van der Waals surface area (Å²) in [4.78, 5) is 1.13. The van der Waals surface area contributed by atoms with Crippen molar-refractivity contribution >= 4 is 27.7 Å². The number of hydrogen-bond donors (Lipinski definition) is 1. The lowest BCUT2D eigenvalue weighted by Gasteiger charge is -2.13. The van der Waals surface area contributed by atoms with E-state index in [1.807, 2.05) is 12.1 Å². The molecule has 0 spiro atoms. The molecule has 0 heterocycles. The molecule has 0 radical (unpaired) electrons. The van der Waals surface area contributed by atoms with Crippen molar-refractivity contribution in [1.29, 1.82) is 0 Å². The van der Waals surface area contributed by atoms with E-state index in [1.165, 1.54) is 11.1 Å². The number of aryl methyl sites for hydroxylation is 1. The lowest BCUT2D eigenvalue weighted by Crippen LogP contribution is -1.95. The zero-order chi connectivity index (χ0) is 13.8. The summed E-state index contributed by atoms with van der Waals surface area (Å²) in [5.74, 6) is 0.919. The van der Waals surface area contributed by atoms with E-state index in [9.17, 15) is 5.11 Å². The molecule has 1 atom stereocenters. The maximum absolute atomic E-state index is 9.82. The maximum Gasteiger partial charge on any atom is 0.0772 e. The molecule has 2 rings (SSSR count). The molecule has 1 N–H and O–H groups in total. The van der Waals surface area contributed by atoms with E-state index in [0.29, 0.717) is 0 Å². The first-order chi connectivity index (χ1) is 9.08. The average Bonchev–Trinajstić information content (AvgIpc) is 2.37. The van der Waals surface area contributed by atoms with Crippen LogP contribution in [0.4, 0.5) is 0 Å². The Morgan fingerprint density at radius 1 is 1.21 bits per heavy atom. The first-order valence-electron chi connectivity index (χ1n) is 6.22. The fourth-order valence-corrected chi connectivity index (χ4v) is 3.67. The van der Waals surface area contributed by atoms with E-state index in [1.54, 1.807) is 18.7 Å². The molecule has 0 fully saturated rings. The third-order valence-electron chi connectivity index (χ3n) is 3.07. The largest absolute Gasteiger partial charge is 0.389 e. The Kier molecular flexibility index (Phi) is 5.08. The van der Waals surface area contributed by atoms with E-state index in [-0.39, 0.29) is 0 Å². The van der Waals surface area contributed by atoms with E-state index in [2.05, 4.69) is 53.2 Å². The fraction of sp³-hybridized carbons (Fsp3) is 0.250. The van der Waals surface area contributed by atoms with Crippen molar-refractivity contribution in [3.05, 3.63) is 63.6 Å². The molecule has 0 aliphatic heterocycles. The van der Waals surface area contributed by atoms with Gasteiger partial charge in [-0.3, -0.25) is 0 Å². The third kappa shape index (κ3) is 3.85. The van der Waals surface area contributed by atoms with Crippen molar-refractivity contribution in [3.63, 3.8) is 0 Å². The highest BCUT2D eigenvalue weighted by Gasteiger charge is 2.09. The van der Waals surface area contributed by atoms with Crippen LogP contribution in [0.3, 0.4) is 0 Å². The molecule has 2 aromatic carbocycles. The Morgan fingerprint density at radius 3 is 2.63 bits per heavy atom. The topological polar surface area (TPSA) is 20.2 Å². The number of benzene rings is 2. The highest BCUT2D eigenvalue weighted by molar-refractivity contribution is 9.10.